The topological polar surface area (TPSA) is 49.3 Å². The highest BCUT2D eigenvalue weighted by atomic mass is 19.1. The maximum absolute atomic E-state index is 13.2. The van der Waals surface area contributed by atoms with Gasteiger partial charge in [0.15, 0.2) is 0 Å². The predicted octanol–water partition coefficient (Wildman–Crippen LogP) is 4.35. The van der Waals surface area contributed by atoms with Crippen LogP contribution in [-0.2, 0) is 0 Å². The lowest BCUT2D eigenvalue weighted by atomic mass is 9.76. The van der Waals surface area contributed by atoms with Crippen molar-refractivity contribution in [1.29, 1.82) is 0 Å². The van der Waals surface area contributed by atoms with Crippen LogP contribution in [0.3, 0.4) is 0 Å². The summed E-state index contributed by atoms with van der Waals surface area (Å²) < 4.78 is 13.2. The summed E-state index contributed by atoms with van der Waals surface area (Å²) in [5, 5.41) is 12.7. The lowest BCUT2D eigenvalue weighted by molar-refractivity contribution is 0.0696. The standard InChI is InChI=1S/C19H16FNO2/c20-13-7-4-11(5-8-13)18-15-3-1-2-14(15)16-10-12(19(22)23)6-9-17(16)21-18/h1-2,4-10,14-15,18,21H,3H2,(H,22,23)/t14-,15-,18+/m1/s1. The van der Waals surface area contributed by atoms with Crippen molar-refractivity contribution in [3.8, 4) is 0 Å². The van der Waals surface area contributed by atoms with Gasteiger partial charge in [0.1, 0.15) is 5.82 Å². The van der Waals surface area contributed by atoms with Crippen molar-refractivity contribution in [3.05, 3.63) is 77.1 Å². The normalized spacial score (nSPS) is 24.7. The number of carboxylic acids is 1. The summed E-state index contributed by atoms with van der Waals surface area (Å²) >= 11 is 0. The quantitative estimate of drug-likeness (QED) is 0.811. The number of carboxylic acid groups (broad SMARTS) is 1. The minimum atomic E-state index is -0.910. The van der Waals surface area contributed by atoms with E-state index in [2.05, 4.69) is 17.5 Å². The number of hydrogen-bond donors (Lipinski definition) is 2. The molecule has 3 nitrogen and oxygen atoms in total. The van der Waals surface area contributed by atoms with E-state index in [9.17, 15) is 14.3 Å². The summed E-state index contributed by atoms with van der Waals surface area (Å²) in [5.41, 5.74) is 3.35. The minimum absolute atomic E-state index is 0.0961. The molecule has 0 saturated carbocycles. The van der Waals surface area contributed by atoms with Gasteiger partial charge in [-0.1, -0.05) is 24.3 Å². The first-order valence-corrected chi connectivity index (χ1v) is 7.69. The average molecular weight is 309 g/mol. The Morgan fingerprint density at radius 1 is 1.17 bits per heavy atom. The molecule has 0 bridgehead atoms. The third-order valence-electron chi connectivity index (χ3n) is 4.84. The van der Waals surface area contributed by atoms with Crippen molar-refractivity contribution in [3.63, 3.8) is 0 Å². The SMILES string of the molecule is O=C(O)c1ccc2c(c1)[C@@H]1C=CC[C@H]1[C@H](c1ccc(F)cc1)N2. The molecule has 116 valence electrons. The Morgan fingerprint density at radius 3 is 2.70 bits per heavy atom. The third-order valence-corrected chi connectivity index (χ3v) is 4.84. The average Bonchev–Trinajstić information content (AvgIpc) is 3.04. The van der Waals surface area contributed by atoms with E-state index in [0.717, 1.165) is 23.2 Å². The number of nitrogens with one attached hydrogen (secondary N) is 1. The molecule has 0 amide bonds. The number of aromatic carboxylic acids is 1. The summed E-state index contributed by atoms with van der Waals surface area (Å²) in [6.07, 6.45) is 5.24. The molecule has 2 aromatic rings. The smallest absolute Gasteiger partial charge is 0.335 e. The fourth-order valence-electron chi connectivity index (χ4n) is 3.73. The Kier molecular flexibility index (Phi) is 3.18. The number of hydrogen-bond acceptors (Lipinski definition) is 2. The van der Waals surface area contributed by atoms with Crippen LogP contribution in [-0.4, -0.2) is 11.1 Å². The molecule has 0 saturated heterocycles. The monoisotopic (exact) mass is 309 g/mol. The maximum atomic E-state index is 13.2. The van der Waals surface area contributed by atoms with Gasteiger partial charge in [0.25, 0.3) is 0 Å². The molecule has 23 heavy (non-hydrogen) atoms. The summed E-state index contributed by atoms with van der Waals surface area (Å²) in [5.74, 6) is -0.637. The van der Waals surface area contributed by atoms with Gasteiger partial charge in [-0.2, -0.15) is 0 Å². The van der Waals surface area contributed by atoms with Crippen LogP contribution >= 0.6 is 0 Å². The van der Waals surface area contributed by atoms with Crippen LogP contribution < -0.4 is 5.32 Å². The Morgan fingerprint density at radius 2 is 1.96 bits per heavy atom. The molecule has 3 atom stereocenters. The van der Waals surface area contributed by atoms with Crippen molar-refractivity contribution in [2.24, 2.45) is 5.92 Å². The highest BCUT2D eigenvalue weighted by Gasteiger charge is 2.38. The third kappa shape index (κ3) is 2.31. The molecule has 2 aromatic carbocycles. The first kappa shape index (κ1) is 14.0. The van der Waals surface area contributed by atoms with Crippen molar-refractivity contribution >= 4 is 11.7 Å². The number of rotatable bonds is 2. The zero-order valence-electron chi connectivity index (χ0n) is 12.4. The summed E-state index contributed by atoms with van der Waals surface area (Å²) in [6.45, 7) is 0. The lowest BCUT2D eigenvalue weighted by Crippen LogP contribution is -2.29. The Bertz CT molecular complexity index is 798. The molecule has 4 rings (SSSR count). The second-order valence-corrected chi connectivity index (χ2v) is 6.13. The second-order valence-electron chi connectivity index (χ2n) is 6.13. The fourth-order valence-corrected chi connectivity index (χ4v) is 3.73. The minimum Gasteiger partial charge on any atom is -0.478 e. The first-order valence-electron chi connectivity index (χ1n) is 7.69. The number of allylic oxidation sites excluding steroid dienone is 2. The highest BCUT2D eigenvalue weighted by Crippen LogP contribution is 2.49. The molecule has 0 radical (unpaired) electrons. The summed E-state index contributed by atoms with van der Waals surface area (Å²) in [4.78, 5) is 11.2. The number of halogens is 1. The molecular formula is C19H16FNO2. The van der Waals surface area contributed by atoms with Gasteiger partial charge in [0, 0.05) is 11.6 Å². The van der Waals surface area contributed by atoms with Crippen LogP contribution in [0, 0.1) is 11.7 Å². The number of fused-ring (bicyclic) bond motifs is 3. The largest absolute Gasteiger partial charge is 0.478 e. The van der Waals surface area contributed by atoms with E-state index in [1.165, 1.54) is 12.1 Å². The van der Waals surface area contributed by atoms with Crippen LogP contribution in [0.4, 0.5) is 10.1 Å². The van der Waals surface area contributed by atoms with Gasteiger partial charge >= 0.3 is 5.97 Å². The van der Waals surface area contributed by atoms with E-state index in [1.54, 1.807) is 12.1 Å². The number of benzene rings is 2. The first-order chi connectivity index (χ1) is 11.1. The Labute approximate surface area is 133 Å². The van der Waals surface area contributed by atoms with E-state index in [4.69, 9.17) is 0 Å². The van der Waals surface area contributed by atoms with Gasteiger partial charge in [-0.15, -0.1) is 0 Å². The number of carbonyl (C=O) groups is 1. The molecule has 1 aliphatic heterocycles. The van der Waals surface area contributed by atoms with Gasteiger partial charge in [-0.3, -0.25) is 0 Å². The van der Waals surface area contributed by atoms with E-state index < -0.39 is 5.97 Å². The second kappa shape index (κ2) is 5.23. The van der Waals surface area contributed by atoms with Crippen molar-refractivity contribution in [2.45, 2.75) is 18.4 Å². The van der Waals surface area contributed by atoms with Crippen molar-refractivity contribution < 1.29 is 14.3 Å². The molecular weight excluding hydrogens is 293 g/mol. The van der Waals surface area contributed by atoms with Crippen molar-refractivity contribution in [2.75, 3.05) is 5.32 Å². The van der Waals surface area contributed by atoms with Gasteiger partial charge in [0.05, 0.1) is 11.6 Å². The van der Waals surface area contributed by atoms with E-state index in [-0.39, 0.29) is 17.8 Å². The molecule has 2 aliphatic rings. The van der Waals surface area contributed by atoms with Crippen LogP contribution in [0.15, 0.2) is 54.6 Å². The lowest BCUT2D eigenvalue weighted by Gasteiger charge is -2.37. The van der Waals surface area contributed by atoms with E-state index in [0.29, 0.717) is 11.5 Å². The van der Waals surface area contributed by atoms with Gasteiger partial charge in [-0.05, 0) is 53.8 Å². The van der Waals surface area contributed by atoms with Crippen LogP contribution in [0.25, 0.3) is 0 Å². The Hall–Kier alpha value is -2.62. The maximum Gasteiger partial charge on any atom is 0.335 e. The molecule has 2 N–H and O–H groups in total. The van der Waals surface area contributed by atoms with Crippen LogP contribution in [0.1, 0.15) is 39.9 Å². The zero-order chi connectivity index (χ0) is 16.0. The predicted molar refractivity (Wildman–Crippen MR) is 86.2 cm³/mol. The number of anilines is 1. The van der Waals surface area contributed by atoms with Crippen LogP contribution in [0.2, 0.25) is 0 Å². The molecule has 0 fully saturated rings. The summed E-state index contributed by atoms with van der Waals surface area (Å²) in [7, 11) is 0. The molecule has 1 aliphatic carbocycles. The fraction of sp³-hybridized carbons (Fsp3) is 0.211. The van der Waals surface area contributed by atoms with Gasteiger partial charge in [-0.25, -0.2) is 9.18 Å². The van der Waals surface area contributed by atoms with Crippen molar-refractivity contribution in [1.82, 2.24) is 0 Å². The van der Waals surface area contributed by atoms with E-state index in [1.807, 2.05) is 18.2 Å². The van der Waals surface area contributed by atoms with E-state index >= 15 is 0 Å². The molecule has 1 heterocycles. The highest BCUT2D eigenvalue weighted by molar-refractivity contribution is 5.89. The zero-order valence-corrected chi connectivity index (χ0v) is 12.4. The molecule has 0 spiro atoms. The van der Waals surface area contributed by atoms with Gasteiger partial charge in [0.2, 0.25) is 0 Å². The molecule has 4 heteroatoms. The summed E-state index contributed by atoms with van der Waals surface area (Å²) in [6, 6.07) is 11.9. The van der Waals surface area contributed by atoms with Gasteiger partial charge < -0.3 is 10.4 Å². The molecule has 0 aromatic heterocycles. The Balaban J connectivity index is 1.77. The van der Waals surface area contributed by atoms with Crippen LogP contribution in [0.5, 0.6) is 0 Å². The molecule has 0 unspecified atom stereocenters.